The van der Waals surface area contributed by atoms with Crippen LogP contribution in [0.3, 0.4) is 0 Å². The van der Waals surface area contributed by atoms with Gasteiger partial charge in [0.2, 0.25) is 0 Å². The Kier molecular flexibility index (Phi) is 4.73. The fourth-order valence-corrected chi connectivity index (χ4v) is 3.85. The van der Waals surface area contributed by atoms with Gasteiger partial charge in [-0.05, 0) is 40.8 Å². The van der Waals surface area contributed by atoms with Crippen LogP contribution in [0.2, 0.25) is 0 Å². The summed E-state index contributed by atoms with van der Waals surface area (Å²) in [7, 11) is -2.24. The van der Waals surface area contributed by atoms with Gasteiger partial charge in [0.1, 0.15) is 5.75 Å². The zero-order valence-electron chi connectivity index (χ0n) is 15.8. The van der Waals surface area contributed by atoms with E-state index in [1.807, 2.05) is 12.1 Å². The van der Waals surface area contributed by atoms with Crippen molar-refractivity contribution >= 4 is 15.8 Å². The van der Waals surface area contributed by atoms with E-state index in [0.717, 1.165) is 15.2 Å². The van der Waals surface area contributed by atoms with Crippen molar-refractivity contribution < 1.29 is 13.2 Å². The molecule has 0 unspecified atom stereocenters. The minimum Gasteiger partial charge on any atom is -0.497 e. The minimum atomic E-state index is -3.82. The molecule has 0 spiro atoms. The van der Waals surface area contributed by atoms with E-state index in [-0.39, 0.29) is 16.1 Å². The number of rotatable bonds is 4. The fourth-order valence-electron chi connectivity index (χ4n) is 2.72. The summed E-state index contributed by atoms with van der Waals surface area (Å²) in [5, 5.41) is 4.02. The van der Waals surface area contributed by atoms with Crippen molar-refractivity contribution in [1.82, 2.24) is 9.19 Å². The highest BCUT2D eigenvalue weighted by atomic mass is 32.2. The number of benzene rings is 2. The summed E-state index contributed by atoms with van der Waals surface area (Å²) in [6.45, 7) is 6.23. The van der Waals surface area contributed by atoms with Crippen molar-refractivity contribution in [2.75, 3.05) is 12.8 Å². The summed E-state index contributed by atoms with van der Waals surface area (Å²) >= 11 is 0. The van der Waals surface area contributed by atoms with E-state index in [1.54, 1.807) is 43.5 Å². The van der Waals surface area contributed by atoms with Gasteiger partial charge >= 0.3 is 0 Å². The third kappa shape index (κ3) is 3.68. The van der Waals surface area contributed by atoms with Gasteiger partial charge in [0.15, 0.2) is 5.82 Å². The second kappa shape index (κ2) is 6.74. The van der Waals surface area contributed by atoms with Gasteiger partial charge in [-0.2, -0.15) is 12.5 Å². The number of ether oxygens (including phenoxy) is 1. The van der Waals surface area contributed by atoms with Crippen LogP contribution in [0.25, 0.3) is 11.1 Å². The zero-order valence-corrected chi connectivity index (χ0v) is 16.6. The Balaban J connectivity index is 1.98. The van der Waals surface area contributed by atoms with Crippen molar-refractivity contribution in [2.45, 2.75) is 31.1 Å². The molecule has 0 amide bonds. The molecule has 0 saturated heterocycles. The van der Waals surface area contributed by atoms with Crippen molar-refractivity contribution in [1.29, 1.82) is 0 Å². The molecular weight excluding hydrogens is 362 g/mol. The van der Waals surface area contributed by atoms with E-state index < -0.39 is 10.0 Å². The van der Waals surface area contributed by atoms with Gasteiger partial charge in [-0.1, -0.05) is 45.0 Å². The molecule has 0 aliphatic carbocycles. The number of methoxy groups -OCH3 is 1. The molecule has 0 aliphatic heterocycles. The van der Waals surface area contributed by atoms with Crippen LogP contribution in [-0.2, 0) is 15.4 Å². The quantitative estimate of drug-likeness (QED) is 0.740. The first kappa shape index (κ1) is 19.0. The maximum atomic E-state index is 12.9. The van der Waals surface area contributed by atoms with Crippen LogP contribution in [-0.4, -0.2) is 24.7 Å². The van der Waals surface area contributed by atoms with E-state index in [0.29, 0.717) is 11.3 Å². The average molecular weight is 385 g/mol. The number of hydrogen-bond donors (Lipinski definition) is 1. The lowest BCUT2D eigenvalue weighted by molar-refractivity contribution is 0.415. The smallest absolute Gasteiger partial charge is 0.283 e. The second-order valence-electron chi connectivity index (χ2n) is 7.31. The molecule has 142 valence electrons. The number of nitrogens with two attached hydrogens (primary N) is 1. The third-order valence-corrected chi connectivity index (χ3v) is 5.93. The highest BCUT2D eigenvalue weighted by Gasteiger charge is 2.22. The molecular formula is C20H23N3O3S. The van der Waals surface area contributed by atoms with Gasteiger partial charge in [-0.25, -0.2) is 0 Å². The van der Waals surface area contributed by atoms with Crippen molar-refractivity contribution in [3.05, 3.63) is 60.3 Å². The summed E-state index contributed by atoms with van der Waals surface area (Å²) in [4.78, 5) is 0.166. The standard InChI is InChI=1S/C20H23N3O3S/c1-20(2,3)15-7-11-17(12-8-15)27(24,25)23-13-18(19(21)22-23)14-5-9-16(26-4)10-6-14/h5-13H,1-4H3,(H2,21,22). The molecule has 0 saturated carbocycles. The number of nitrogen functional groups attached to an aromatic ring is 1. The first-order valence-corrected chi connectivity index (χ1v) is 9.92. The van der Waals surface area contributed by atoms with Crippen molar-refractivity contribution in [3.63, 3.8) is 0 Å². The lowest BCUT2D eigenvalue weighted by Gasteiger charge is -2.19. The van der Waals surface area contributed by atoms with Crippen LogP contribution in [0.4, 0.5) is 5.82 Å². The molecule has 0 aliphatic rings. The summed E-state index contributed by atoms with van der Waals surface area (Å²) in [6, 6.07) is 14.0. The lowest BCUT2D eigenvalue weighted by Crippen LogP contribution is -2.15. The Morgan fingerprint density at radius 1 is 1.00 bits per heavy atom. The largest absolute Gasteiger partial charge is 0.497 e. The second-order valence-corrected chi connectivity index (χ2v) is 9.10. The van der Waals surface area contributed by atoms with Gasteiger partial charge in [-0.15, -0.1) is 5.10 Å². The summed E-state index contributed by atoms with van der Waals surface area (Å²) < 4.78 is 31.9. The van der Waals surface area contributed by atoms with Gasteiger partial charge < -0.3 is 10.5 Å². The maximum Gasteiger partial charge on any atom is 0.283 e. The zero-order chi connectivity index (χ0) is 19.8. The third-order valence-electron chi connectivity index (χ3n) is 4.39. The summed E-state index contributed by atoms with van der Waals surface area (Å²) in [5.41, 5.74) is 8.28. The molecule has 7 heteroatoms. The van der Waals surface area contributed by atoms with E-state index in [2.05, 4.69) is 25.9 Å². The minimum absolute atomic E-state index is 0.0556. The molecule has 1 heterocycles. The summed E-state index contributed by atoms with van der Waals surface area (Å²) in [5.74, 6) is 0.853. The molecule has 0 radical (unpaired) electrons. The Morgan fingerprint density at radius 2 is 1.59 bits per heavy atom. The number of nitrogens with zero attached hydrogens (tertiary/aromatic N) is 2. The van der Waals surface area contributed by atoms with E-state index in [9.17, 15) is 8.42 Å². The predicted molar refractivity (Wildman–Crippen MR) is 106 cm³/mol. The molecule has 3 rings (SSSR count). The molecule has 6 nitrogen and oxygen atoms in total. The molecule has 27 heavy (non-hydrogen) atoms. The normalized spacial score (nSPS) is 12.1. The fraction of sp³-hybridized carbons (Fsp3) is 0.250. The highest BCUT2D eigenvalue weighted by Crippen LogP contribution is 2.29. The summed E-state index contributed by atoms with van der Waals surface area (Å²) in [6.07, 6.45) is 1.43. The number of anilines is 1. The number of hydrogen-bond acceptors (Lipinski definition) is 5. The molecule has 2 aromatic carbocycles. The first-order chi connectivity index (χ1) is 12.6. The van der Waals surface area contributed by atoms with Gasteiger partial charge in [0, 0.05) is 5.56 Å². The van der Waals surface area contributed by atoms with Gasteiger partial charge in [0.25, 0.3) is 10.0 Å². The average Bonchev–Trinajstić information content (AvgIpc) is 3.04. The van der Waals surface area contributed by atoms with Crippen LogP contribution in [0.1, 0.15) is 26.3 Å². The van der Waals surface area contributed by atoms with Crippen LogP contribution < -0.4 is 10.5 Å². The number of aromatic nitrogens is 2. The van der Waals surface area contributed by atoms with Crippen molar-refractivity contribution in [2.24, 2.45) is 0 Å². The SMILES string of the molecule is COc1ccc(-c2cn(S(=O)(=O)c3ccc(C(C)(C)C)cc3)nc2N)cc1. The first-order valence-electron chi connectivity index (χ1n) is 8.48. The molecule has 0 fully saturated rings. The highest BCUT2D eigenvalue weighted by molar-refractivity contribution is 7.89. The molecule has 1 aromatic heterocycles. The Morgan fingerprint density at radius 3 is 2.11 bits per heavy atom. The van der Waals surface area contributed by atoms with Crippen LogP contribution in [0.5, 0.6) is 5.75 Å². The maximum absolute atomic E-state index is 12.9. The molecule has 2 N–H and O–H groups in total. The predicted octanol–water partition coefficient (Wildman–Crippen LogP) is 3.68. The Hall–Kier alpha value is -2.80. The Bertz CT molecular complexity index is 1050. The van der Waals surface area contributed by atoms with Gasteiger partial charge in [-0.3, -0.25) is 0 Å². The van der Waals surface area contributed by atoms with Gasteiger partial charge in [0.05, 0.1) is 18.2 Å². The van der Waals surface area contributed by atoms with Crippen LogP contribution in [0.15, 0.2) is 59.6 Å². The topological polar surface area (TPSA) is 87.2 Å². The van der Waals surface area contributed by atoms with E-state index >= 15 is 0 Å². The molecule has 0 atom stereocenters. The van der Waals surface area contributed by atoms with Crippen LogP contribution >= 0.6 is 0 Å². The molecule has 3 aromatic rings. The van der Waals surface area contributed by atoms with Crippen molar-refractivity contribution in [3.8, 4) is 16.9 Å². The molecule has 0 bridgehead atoms. The van der Waals surface area contributed by atoms with E-state index in [1.165, 1.54) is 6.20 Å². The lowest BCUT2D eigenvalue weighted by atomic mass is 9.87. The van der Waals surface area contributed by atoms with E-state index in [4.69, 9.17) is 10.5 Å². The monoisotopic (exact) mass is 385 g/mol. The Labute approximate surface area is 159 Å². The van der Waals surface area contributed by atoms with Crippen LogP contribution in [0, 0.1) is 0 Å².